The van der Waals surface area contributed by atoms with Crippen LogP contribution >= 0.6 is 12.2 Å². The fourth-order valence-corrected chi connectivity index (χ4v) is 2.24. The number of H-pyrrole nitrogens is 1. The molecule has 0 aliphatic carbocycles. The standard InChI is InChI=1S/C16H16N6S/c1-21(2)14-7-5-12(6-8-14)10-18-22-15(19-20-16(22)23)13-4-3-9-17-11-13/h3-11H,1-2H3,(H,20,23)/b18-10-. The molecule has 0 aliphatic rings. The van der Waals surface area contributed by atoms with Crippen molar-refractivity contribution in [3.63, 3.8) is 0 Å². The topological polar surface area (TPSA) is 62.1 Å². The van der Waals surface area contributed by atoms with Crippen LogP contribution in [0.2, 0.25) is 0 Å². The molecule has 0 amide bonds. The van der Waals surface area contributed by atoms with Crippen molar-refractivity contribution in [2.75, 3.05) is 19.0 Å². The van der Waals surface area contributed by atoms with Crippen molar-refractivity contribution in [3.8, 4) is 11.4 Å². The molecule has 0 unspecified atom stereocenters. The molecule has 1 N–H and O–H groups in total. The molecule has 3 aromatic rings. The first-order valence-electron chi connectivity index (χ1n) is 7.05. The number of benzene rings is 1. The Labute approximate surface area is 139 Å². The highest BCUT2D eigenvalue weighted by molar-refractivity contribution is 7.71. The molecule has 116 valence electrons. The second-order valence-corrected chi connectivity index (χ2v) is 5.52. The average molecular weight is 324 g/mol. The van der Waals surface area contributed by atoms with Gasteiger partial charge in [-0.2, -0.15) is 14.9 Å². The molecule has 6 nitrogen and oxygen atoms in total. The Bertz CT molecular complexity index is 862. The maximum absolute atomic E-state index is 5.25. The predicted molar refractivity (Wildman–Crippen MR) is 94.4 cm³/mol. The van der Waals surface area contributed by atoms with E-state index in [0.717, 1.165) is 16.8 Å². The molecule has 1 aromatic carbocycles. The van der Waals surface area contributed by atoms with E-state index in [9.17, 15) is 0 Å². The van der Waals surface area contributed by atoms with E-state index in [1.165, 1.54) is 0 Å². The van der Waals surface area contributed by atoms with Crippen LogP contribution in [0, 0.1) is 4.77 Å². The van der Waals surface area contributed by atoms with Crippen molar-refractivity contribution < 1.29 is 0 Å². The molecule has 7 heteroatoms. The normalized spacial score (nSPS) is 11.0. The Morgan fingerprint density at radius 2 is 2.00 bits per heavy atom. The number of rotatable bonds is 4. The van der Waals surface area contributed by atoms with Gasteiger partial charge in [-0.3, -0.25) is 4.98 Å². The third-order valence-electron chi connectivity index (χ3n) is 3.30. The van der Waals surface area contributed by atoms with E-state index in [2.05, 4.69) is 20.3 Å². The van der Waals surface area contributed by atoms with E-state index in [1.54, 1.807) is 23.3 Å². The average Bonchev–Trinajstić information content (AvgIpc) is 2.95. The lowest BCUT2D eigenvalue weighted by molar-refractivity contribution is 0.871. The number of nitrogens with zero attached hydrogens (tertiary/aromatic N) is 5. The summed E-state index contributed by atoms with van der Waals surface area (Å²) < 4.78 is 2.02. The van der Waals surface area contributed by atoms with Crippen LogP contribution in [0.4, 0.5) is 5.69 Å². The molecule has 0 saturated heterocycles. The summed E-state index contributed by atoms with van der Waals surface area (Å²) in [5.41, 5.74) is 2.97. The van der Waals surface area contributed by atoms with E-state index in [4.69, 9.17) is 12.2 Å². The smallest absolute Gasteiger partial charge is 0.216 e. The van der Waals surface area contributed by atoms with Crippen LogP contribution in [0.25, 0.3) is 11.4 Å². The van der Waals surface area contributed by atoms with Crippen LogP contribution in [-0.4, -0.2) is 40.2 Å². The molecular weight excluding hydrogens is 308 g/mol. The second-order valence-electron chi connectivity index (χ2n) is 5.14. The summed E-state index contributed by atoms with van der Waals surface area (Å²) in [7, 11) is 4.02. The number of aromatic amines is 1. The maximum Gasteiger partial charge on any atom is 0.216 e. The number of hydrogen-bond donors (Lipinski definition) is 1. The van der Waals surface area contributed by atoms with E-state index < -0.39 is 0 Å². The largest absolute Gasteiger partial charge is 0.378 e. The van der Waals surface area contributed by atoms with Crippen LogP contribution < -0.4 is 4.90 Å². The first-order valence-corrected chi connectivity index (χ1v) is 7.45. The molecule has 0 spiro atoms. The molecule has 2 aromatic heterocycles. The van der Waals surface area contributed by atoms with Crippen LogP contribution in [-0.2, 0) is 0 Å². The van der Waals surface area contributed by atoms with Gasteiger partial charge in [0, 0.05) is 37.7 Å². The van der Waals surface area contributed by atoms with Crippen molar-refractivity contribution in [2.45, 2.75) is 0 Å². The minimum Gasteiger partial charge on any atom is -0.378 e. The highest BCUT2D eigenvalue weighted by atomic mass is 32.1. The van der Waals surface area contributed by atoms with Gasteiger partial charge in [0.15, 0.2) is 5.82 Å². The summed E-state index contributed by atoms with van der Waals surface area (Å²) in [6.45, 7) is 0. The number of hydrogen-bond acceptors (Lipinski definition) is 5. The molecule has 0 aliphatic heterocycles. The zero-order chi connectivity index (χ0) is 16.2. The lowest BCUT2D eigenvalue weighted by Gasteiger charge is -2.11. The Morgan fingerprint density at radius 3 is 2.65 bits per heavy atom. The summed E-state index contributed by atoms with van der Waals surface area (Å²) in [6.07, 6.45) is 5.19. The lowest BCUT2D eigenvalue weighted by atomic mass is 10.2. The minimum atomic E-state index is 0.435. The summed E-state index contributed by atoms with van der Waals surface area (Å²) in [5, 5.41) is 11.4. The zero-order valence-corrected chi connectivity index (χ0v) is 13.7. The molecule has 23 heavy (non-hydrogen) atoms. The Hall–Kier alpha value is -2.80. The first-order chi connectivity index (χ1) is 11.1. The van der Waals surface area contributed by atoms with Crippen LogP contribution in [0.3, 0.4) is 0 Å². The number of aromatic nitrogens is 4. The fourth-order valence-electron chi connectivity index (χ4n) is 2.06. The summed E-state index contributed by atoms with van der Waals surface area (Å²) in [4.78, 5) is 6.15. The van der Waals surface area contributed by atoms with Gasteiger partial charge in [0.05, 0.1) is 6.21 Å². The molecular formula is C16H16N6S. The number of nitrogens with one attached hydrogen (secondary N) is 1. The Morgan fingerprint density at radius 1 is 1.22 bits per heavy atom. The zero-order valence-electron chi connectivity index (χ0n) is 12.8. The van der Waals surface area contributed by atoms with Gasteiger partial charge in [0.25, 0.3) is 0 Å². The molecule has 2 heterocycles. The Kier molecular flexibility index (Phi) is 4.29. The third-order valence-corrected chi connectivity index (χ3v) is 3.57. The highest BCUT2D eigenvalue weighted by Crippen LogP contribution is 2.16. The second kappa shape index (κ2) is 6.53. The van der Waals surface area contributed by atoms with Crippen molar-refractivity contribution in [1.82, 2.24) is 19.9 Å². The van der Waals surface area contributed by atoms with Gasteiger partial charge in [-0.15, -0.1) is 0 Å². The molecule has 0 atom stereocenters. The quantitative estimate of drug-likeness (QED) is 0.592. The molecule has 3 rings (SSSR count). The molecule has 0 bridgehead atoms. The van der Waals surface area contributed by atoms with Crippen molar-refractivity contribution >= 4 is 24.1 Å². The van der Waals surface area contributed by atoms with Crippen molar-refractivity contribution in [3.05, 3.63) is 59.1 Å². The predicted octanol–water partition coefficient (Wildman–Crippen LogP) is 2.95. The lowest BCUT2D eigenvalue weighted by Crippen LogP contribution is -2.08. The summed E-state index contributed by atoms with van der Waals surface area (Å²) in [5.74, 6) is 0.629. The molecule has 0 saturated carbocycles. The summed E-state index contributed by atoms with van der Waals surface area (Å²) >= 11 is 5.25. The summed E-state index contributed by atoms with van der Waals surface area (Å²) in [6, 6.07) is 11.9. The minimum absolute atomic E-state index is 0.435. The monoisotopic (exact) mass is 324 g/mol. The molecule has 0 fully saturated rings. The highest BCUT2D eigenvalue weighted by Gasteiger charge is 2.07. The molecule has 0 radical (unpaired) electrons. The van der Waals surface area contributed by atoms with E-state index in [0.29, 0.717) is 10.6 Å². The van der Waals surface area contributed by atoms with E-state index >= 15 is 0 Å². The maximum atomic E-state index is 5.25. The van der Waals surface area contributed by atoms with Gasteiger partial charge in [-0.05, 0) is 42.0 Å². The number of anilines is 1. The van der Waals surface area contributed by atoms with Gasteiger partial charge < -0.3 is 4.90 Å². The van der Waals surface area contributed by atoms with Gasteiger partial charge in [-0.1, -0.05) is 12.1 Å². The van der Waals surface area contributed by atoms with Crippen LogP contribution in [0.15, 0.2) is 53.9 Å². The SMILES string of the molecule is CN(C)c1ccc(/C=N\n2c(-c3cccnc3)n[nH]c2=S)cc1. The Balaban J connectivity index is 1.91. The van der Waals surface area contributed by atoms with Gasteiger partial charge in [0.2, 0.25) is 4.77 Å². The van der Waals surface area contributed by atoms with Gasteiger partial charge in [0.1, 0.15) is 0 Å². The van der Waals surface area contributed by atoms with Gasteiger partial charge >= 0.3 is 0 Å². The number of pyridine rings is 1. The van der Waals surface area contributed by atoms with Gasteiger partial charge in [-0.25, -0.2) is 5.10 Å². The van der Waals surface area contributed by atoms with E-state index in [-0.39, 0.29) is 0 Å². The van der Waals surface area contributed by atoms with Crippen LogP contribution in [0.1, 0.15) is 5.56 Å². The van der Waals surface area contributed by atoms with Crippen molar-refractivity contribution in [2.24, 2.45) is 5.10 Å². The van der Waals surface area contributed by atoms with Crippen molar-refractivity contribution in [1.29, 1.82) is 0 Å². The first kappa shape index (κ1) is 15.1. The van der Waals surface area contributed by atoms with E-state index in [1.807, 2.05) is 55.4 Å². The van der Waals surface area contributed by atoms with Crippen LogP contribution in [0.5, 0.6) is 0 Å². The third kappa shape index (κ3) is 3.35. The fraction of sp³-hybridized carbons (Fsp3) is 0.125.